The van der Waals surface area contributed by atoms with Crippen molar-refractivity contribution in [2.45, 2.75) is 32.0 Å². The predicted molar refractivity (Wildman–Crippen MR) is 120 cm³/mol. The van der Waals surface area contributed by atoms with Crippen LogP contribution in [-0.4, -0.2) is 23.7 Å². The molecule has 2 atom stereocenters. The molecule has 3 aliphatic rings. The Bertz CT molecular complexity index is 1260. The number of carbonyl (C=O) groups is 1. The summed E-state index contributed by atoms with van der Waals surface area (Å²) in [6.45, 7) is 4.12. The van der Waals surface area contributed by atoms with Crippen LogP contribution in [0, 0.1) is 13.8 Å². The van der Waals surface area contributed by atoms with Crippen LogP contribution in [0.25, 0.3) is 0 Å². The maximum atomic E-state index is 13.8. The second kappa shape index (κ2) is 6.20. The van der Waals surface area contributed by atoms with Gasteiger partial charge in [0.15, 0.2) is 0 Å². The van der Waals surface area contributed by atoms with E-state index in [1.807, 2.05) is 49.3 Å². The van der Waals surface area contributed by atoms with Crippen molar-refractivity contribution in [1.29, 1.82) is 0 Å². The SMILES string of the molecule is Cc1ccc(C2=NN3[C@H](C2)c2ccccc2O[C@@]32C(=O)N(C)c3ccc(C)cc32)cc1. The molecule has 0 saturated carbocycles. The van der Waals surface area contributed by atoms with Crippen molar-refractivity contribution >= 4 is 17.3 Å². The van der Waals surface area contributed by atoms with Gasteiger partial charge in [-0.3, -0.25) is 4.79 Å². The number of fused-ring (bicyclic) bond motifs is 6. The molecule has 154 valence electrons. The molecule has 3 aromatic rings. The van der Waals surface area contributed by atoms with Crippen molar-refractivity contribution in [2.75, 3.05) is 11.9 Å². The quantitative estimate of drug-likeness (QED) is 0.586. The molecule has 0 radical (unpaired) electrons. The summed E-state index contributed by atoms with van der Waals surface area (Å²) in [6, 6.07) is 22.4. The van der Waals surface area contributed by atoms with Crippen molar-refractivity contribution in [3.63, 3.8) is 0 Å². The number of rotatable bonds is 1. The summed E-state index contributed by atoms with van der Waals surface area (Å²) in [7, 11) is 1.81. The monoisotopic (exact) mass is 409 g/mol. The van der Waals surface area contributed by atoms with Gasteiger partial charge in [-0.1, -0.05) is 59.7 Å². The number of carbonyl (C=O) groups excluding carboxylic acids is 1. The Labute approximate surface area is 181 Å². The van der Waals surface area contributed by atoms with Gasteiger partial charge in [0.05, 0.1) is 23.0 Å². The Morgan fingerprint density at radius 2 is 1.74 bits per heavy atom. The molecular weight excluding hydrogens is 386 g/mol. The molecule has 1 spiro atoms. The molecule has 5 heteroatoms. The topological polar surface area (TPSA) is 45.1 Å². The summed E-state index contributed by atoms with van der Waals surface area (Å²) in [5.41, 5.74) is 5.85. The molecule has 0 aromatic heterocycles. The van der Waals surface area contributed by atoms with Crippen LogP contribution in [0.4, 0.5) is 5.69 Å². The minimum atomic E-state index is -1.29. The zero-order valence-corrected chi connectivity index (χ0v) is 17.8. The molecule has 3 aromatic carbocycles. The maximum absolute atomic E-state index is 13.8. The van der Waals surface area contributed by atoms with E-state index in [1.54, 1.807) is 4.90 Å². The average Bonchev–Trinajstić information content (AvgIpc) is 3.31. The summed E-state index contributed by atoms with van der Waals surface area (Å²) < 4.78 is 6.59. The number of hydrazone groups is 1. The second-order valence-electron chi connectivity index (χ2n) is 8.65. The molecule has 3 heterocycles. The van der Waals surface area contributed by atoms with Gasteiger partial charge in [0.1, 0.15) is 5.75 Å². The Balaban J connectivity index is 1.59. The lowest BCUT2D eigenvalue weighted by atomic mass is 9.92. The summed E-state index contributed by atoms with van der Waals surface area (Å²) >= 11 is 0. The molecule has 0 N–H and O–H groups in total. The van der Waals surface area contributed by atoms with Gasteiger partial charge in [0.25, 0.3) is 5.91 Å². The molecule has 0 fully saturated rings. The molecular formula is C26H23N3O2. The highest BCUT2D eigenvalue weighted by Gasteiger charge is 2.62. The summed E-state index contributed by atoms with van der Waals surface area (Å²) in [4.78, 5) is 15.5. The zero-order valence-electron chi connectivity index (χ0n) is 17.8. The first-order valence-corrected chi connectivity index (χ1v) is 10.6. The van der Waals surface area contributed by atoms with Crippen LogP contribution < -0.4 is 9.64 Å². The Kier molecular flexibility index (Phi) is 3.64. The fraction of sp³-hybridized carbons (Fsp3) is 0.231. The summed E-state index contributed by atoms with van der Waals surface area (Å²) in [5.74, 6) is 0.640. The maximum Gasteiger partial charge on any atom is 0.306 e. The molecule has 1 amide bonds. The molecule has 0 aliphatic carbocycles. The number of hydrogen-bond donors (Lipinski definition) is 0. The number of para-hydroxylation sites is 1. The van der Waals surface area contributed by atoms with Gasteiger partial charge in [-0.15, -0.1) is 0 Å². The predicted octanol–water partition coefficient (Wildman–Crippen LogP) is 4.68. The van der Waals surface area contributed by atoms with Crippen molar-refractivity contribution in [2.24, 2.45) is 5.10 Å². The lowest BCUT2D eigenvalue weighted by molar-refractivity contribution is -0.163. The number of benzene rings is 3. The summed E-state index contributed by atoms with van der Waals surface area (Å²) in [6.07, 6.45) is 0.726. The van der Waals surface area contributed by atoms with Gasteiger partial charge < -0.3 is 9.64 Å². The zero-order chi connectivity index (χ0) is 21.3. The normalized spacial score (nSPS) is 23.4. The van der Waals surface area contributed by atoms with Crippen LogP contribution in [0.5, 0.6) is 5.75 Å². The van der Waals surface area contributed by atoms with Gasteiger partial charge in [0, 0.05) is 19.0 Å². The minimum absolute atomic E-state index is 0.0648. The van der Waals surface area contributed by atoms with Crippen LogP contribution in [0.3, 0.4) is 0 Å². The van der Waals surface area contributed by atoms with E-state index in [0.717, 1.165) is 45.8 Å². The smallest absolute Gasteiger partial charge is 0.306 e. The molecule has 0 bridgehead atoms. The van der Waals surface area contributed by atoms with Gasteiger partial charge >= 0.3 is 5.72 Å². The fourth-order valence-corrected chi connectivity index (χ4v) is 5.00. The third kappa shape index (κ3) is 2.37. The lowest BCUT2D eigenvalue weighted by Gasteiger charge is -2.44. The van der Waals surface area contributed by atoms with Gasteiger partial charge in [-0.25, -0.2) is 5.01 Å². The first-order chi connectivity index (χ1) is 15.0. The third-order valence-corrected chi connectivity index (χ3v) is 6.63. The van der Waals surface area contributed by atoms with Crippen LogP contribution in [-0.2, 0) is 10.5 Å². The number of aryl methyl sites for hydroxylation is 2. The van der Waals surface area contributed by atoms with Crippen molar-refractivity contribution < 1.29 is 9.53 Å². The van der Waals surface area contributed by atoms with Crippen LogP contribution in [0.15, 0.2) is 71.8 Å². The standard InChI is InChI=1S/C26H23N3O2/c1-16-8-11-18(12-9-16)21-15-23-19-6-4-5-7-24(19)31-26(29(23)27-21)20-14-17(2)10-13-22(20)28(3)25(26)30/h4-14,23H,15H2,1-3H3/t23-,26+/m1/s1. The first kappa shape index (κ1) is 18.2. The van der Waals surface area contributed by atoms with Crippen molar-refractivity contribution in [3.05, 3.63) is 94.5 Å². The third-order valence-electron chi connectivity index (χ3n) is 6.63. The summed E-state index contributed by atoms with van der Waals surface area (Å²) in [5, 5.41) is 6.95. The second-order valence-corrected chi connectivity index (χ2v) is 8.65. The van der Waals surface area contributed by atoms with E-state index in [2.05, 4.69) is 43.3 Å². The highest BCUT2D eigenvalue weighted by Crippen LogP contribution is 2.55. The van der Waals surface area contributed by atoms with E-state index in [4.69, 9.17) is 9.84 Å². The lowest BCUT2D eigenvalue weighted by Crippen LogP contribution is -2.56. The van der Waals surface area contributed by atoms with E-state index in [9.17, 15) is 4.79 Å². The Morgan fingerprint density at radius 3 is 2.55 bits per heavy atom. The minimum Gasteiger partial charge on any atom is -0.453 e. The number of amides is 1. The number of ether oxygens (including phenoxy) is 1. The number of likely N-dealkylation sites (N-methyl/N-ethyl adjacent to an activating group) is 1. The molecule has 31 heavy (non-hydrogen) atoms. The number of hydrogen-bond acceptors (Lipinski definition) is 4. The van der Waals surface area contributed by atoms with E-state index < -0.39 is 5.72 Å². The van der Waals surface area contributed by atoms with E-state index in [-0.39, 0.29) is 11.9 Å². The molecule has 0 saturated heterocycles. The van der Waals surface area contributed by atoms with E-state index in [0.29, 0.717) is 0 Å². The van der Waals surface area contributed by atoms with Crippen molar-refractivity contribution in [3.8, 4) is 5.75 Å². The number of nitrogens with zero attached hydrogens (tertiary/aromatic N) is 3. The largest absolute Gasteiger partial charge is 0.453 e. The molecule has 6 rings (SSSR count). The van der Waals surface area contributed by atoms with Gasteiger partial charge in [0.2, 0.25) is 0 Å². The fourth-order valence-electron chi connectivity index (χ4n) is 5.00. The highest BCUT2D eigenvalue weighted by molar-refractivity contribution is 6.08. The van der Waals surface area contributed by atoms with Gasteiger partial charge in [-0.2, -0.15) is 5.10 Å². The van der Waals surface area contributed by atoms with E-state index in [1.165, 1.54) is 5.56 Å². The van der Waals surface area contributed by atoms with Crippen LogP contribution >= 0.6 is 0 Å². The number of anilines is 1. The average molecular weight is 409 g/mol. The van der Waals surface area contributed by atoms with Gasteiger partial charge in [-0.05, 0) is 37.6 Å². The van der Waals surface area contributed by atoms with E-state index >= 15 is 0 Å². The molecule has 5 nitrogen and oxygen atoms in total. The van der Waals surface area contributed by atoms with Crippen LogP contribution in [0.1, 0.15) is 40.3 Å². The van der Waals surface area contributed by atoms with Crippen molar-refractivity contribution in [1.82, 2.24) is 5.01 Å². The Hall–Kier alpha value is -3.60. The molecule has 3 aliphatic heterocycles. The van der Waals surface area contributed by atoms with Crippen LogP contribution in [0.2, 0.25) is 0 Å². The highest BCUT2D eigenvalue weighted by atomic mass is 16.5. The molecule has 0 unspecified atom stereocenters. The Morgan fingerprint density at radius 1 is 1.00 bits per heavy atom. The first-order valence-electron chi connectivity index (χ1n) is 10.6.